The first-order chi connectivity index (χ1) is 15.5. The lowest BCUT2D eigenvalue weighted by atomic mass is 9.98. The van der Waals surface area contributed by atoms with Gasteiger partial charge in [0, 0.05) is 17.0 Å². The van der Waals surface area contributed by atoms with E-state index in [0.29, 0.717) is 24.7 Å². The zero-order chi connectivity index (χ0) is 22.7. The Hall–Kier alpha value is -2.83. The van der Waals surface area contributed by atoms with Crippen molar-refractivity contribution < 1.29 is 27.8 Å². The van der Waals surface area contributed by atoms with Crippen molar-refractivity contribution in [1.29, 1.82) is 0 Å². The molecule has 0 aliphatic carbocycles. The maximum Gasteiger partial charge on any atom is 0.187 e. The highest BCUT2D eigenvalue weighted by Gasteiger charge is 2.23. The molecule has 0 amide bonds. The van der Waals surface area contributed by atoms with Crippen LogP contribution in [0.15, 0.2) is 54.6 Å². The predicted molar refractivity (Wildman–Crippen MR) is 117 cm³/mol. The first kappa shape index (κ1) is 22.4. The van der Waals surface area contributed by atoms with Crippen LogP contribution in [0.4, 0.5) is 13.2 Å². The Balaban J connectivity index is 1.47. The fraction of sp³-hybridized carbons (Fsp3) is 0.308. The van der Waals surface area contributed by atoms with Crippen LogP contribution in [0.25, 0.3) is 22.3 Å². The number of phenols is 1. The maximum atomic E-state index is 14.7. The summed E-state index contributed by atoms with van der Waals surface area (Å²) in [4.78, 5) is 0. The van der Waals surface area contributed by atoms with Gasteiger partial charge in [0.2, 0.25) is 0 Å². The topological polar surface area (TPSA) is 38.7 Å². The van der Waals surface area contributed by atoms with Gasteiger partial charge in [0.05, 0.1) is 13.2 Å². The van der Waals surface area contributed by atoms with Crippen molar-refractivity contribution >= 4 is 0 Å². The summed E-state index contributed by atoms with van der Waals surface area (Å²) in [5, 5.41) is 9.24. The molecule has 0 atom stereocenters. The summed E-state index contributed by atoms with van der Waals surface area (Å²) in [6, 6.07) is 13.8. The third-order valence-corrected chi connectivity index (χ3v) is 5.75. The van der Waals surface area contributed by atoms with E-state index < -0.39 is 29.5 Å². The van der Waals surface area contributed by atoms with Crippen LogP contribution in [0.5, 0.6) is 5.75 Å². The molecule has 3 aromatic carbocycles. The number of unbranched alkanes of at least 4 members (excludes halogenated alkanes) is 1. The molecular formula is C26H25F3O3. The second-order valence-electron chi connectivity index (χ2n) is 8.11. The molecule has 1 aliphatic heterocycles. The van der Waals surface area contributed by atoms with Crippen LogP contribution in [-0.2, 0) is 9.47 Å². The van der Waals surface area contributed by atoms with Gasteiger partial charge in [-0.15, -0.1) is 0 Å². The van der Waals surface area contributed by atoms with Crippen LogP contribution < -0.4 is 0 Å². The molecule has 0 aromatic heterocycles. The van der Waals surface area contributed by atoms with Crippen molar-refractivity contribution in [2.45, 2.75) is 32.5 Å². The van der Waals surface area contributed by atoms with Crippen LogP contribution in [0.1, 0.15) is 38.0 Å². The van der Waals surface area contributed by atoms with Gasteiger partial charge in [0.25, 0.3) is 0 Å². The SMILES string of the molecule is CCCCC1COC(c2ccc(-c3ccc(-c4cc(F)c(O)c(F)c4)c(F)c3)cc2)OC1. The summed E-state index contributed by atoms with van der Waals surface area (Å²) in [7, 11) is 0. The van der Waals surface area contributed by atoms with Gasteiger partial charge < -0.3 is 14.6 Å². The number of aromatic hydroxyl groups is 1. The third-order valence-electron chi connectivity index (χ3n) is 5.75. The predicted octanol–water partition coefficient (Wildman–Crippen LogP) is 7.00. The van der Waals surface area contributed by atoms with E-state index in [2.05, 4.69) is 6.92 Å². The highest BCUT2D eigenvalue weighted by Crippen LogP contribution is 2.33. The molecule has 1 heterocycles. The molecule has 3 nitrogen and oxygen atoms in total. The van der Waals surface area contributed by atoms with E-state index in [-0.39, 0.29) is 11.1 Å². The zero-order valence-electron chi connectivity index (χ0n) is 17.8. The van der Waals surface area contributed by atoms with Crippen molar-refractivity contribution in [2.24, 2.45) is 5.92 Å². The van der Waals surface area contributed by atoms with Crippen LogP contribution in [0.3, 0.4) is 0 Å². The number of phenolic OH excluding ortho intramolecular Hbond substituents is 1. The minimum absolute atomic E-state index is 0.0148. The molecule has 1 saturated heterocycles. The van der Waals surface area contributed by atoms with Gasteiger partial charge in [0.15, 0.2) is 23.7 Å². The quantitative estimate of drug-likeness (QED) is 0.447. The van der Waals surface area contributed by atoms with E-state index in [9.17, 15) is 18.3 Å². The van der Waals surface area contributed by atoms with Gasteiger partial charge in [-0.1, -0.05) is 56.2 Å². The highest BCUT2D eigenvalue weighted by molar-refractivity contribution is 5.71. The van der Waals surface area contributed by atoms with Gasteiger partial charge in [-0.25, -0.2) is 13.2 Å². The highest BCUT2D eigenvalue weighted by atomic mass is 19.1. The van der Waals surface area contributed by atoms with Crippen LogP contribution in [-0.4, -0.2) is 18.3 Å². The fourth-order valence-corrected chi connectivity index (χ4v) is 3.88. The van der Waals surface area contributed by atoms with E-state index >= 15 is 0 Å². The zero-order valence-corrected chi connectivity index (χ0v) is 17.8. The fourth-order valence-electron chi connectivity index (χ4n) is 3.88. The standard InChI is InChI=1S/C26H25F3O3/c1-2-3-4-16-14-31-26(32-15-16)18-7-5-17(6-8-18)19-9-10-21(22(27)11-19)20-12-23(28)25(30)24(29)13-20/h5-13,16,26,30H,2-4,14-15H2,1H3. The Morgan fingerprint density at radius 2 is 1.41 bits per heavy atom. The van der Waals surface area contributed by atoms with Crippen molar-refractivity contribution in [3.05, 3.63) is 77.6 Å². The molecule has 4 rings (SSSR count). The second-order valence-corrected chi connectivity index (χ2v) is 8.11. The number of halogens is 3. The van der Waals surface area contributed by atoms with Crippen molar-refractivity contribution in [1.82, 2.24) is 0 Å². The van der Waals surface area contributed by atoms with Crippen molar-refractivity contribution in [2.75, 3.05) is 13.2 Å². The molecule has 0 saturated carbocycles. The van der Waals surface area contributed by atoms with E-state index in [4.69, 9.17) is 9.47 Å². The van der Waals surface area contributed by atoms with Gasteiger partial charge in [-0.3, -0.25) is 0 Å². The summed E-state index contributed by atoms with van der Waals surface area (Å²) in [6.45, 7) is 3.52. The third kappa shape index (κ3) is 4.81. The maximum absolute atomic E-state index is 14.7. The molecule has 0 radical (unpaired) electrons. The number of rotatable bonds is 6. The van der Waals surface area contributed by atoms with Gasteiger partial charge in [-0.05, 0) is 41.3 Å². The van der Waals surface area contributed by atoms with Crippen LogP contribution >= 0.6 is 0 Å². The van der Waals surface area contributed by atoms with E-state index in [1.165, 1.54) is 18.6 Å². The normalized spacial score (nSPS) is 18.6. The number of ether oxygens (including phenoxy) is 2. The molecule has 1 aliphatic rings. The summed E-state index contributed by atoms with van der Waals surface area (Å²) in [6.07, 6.45) is 3.03. The number of hydrogen-bond acceptors (Lipinski definition) is 3. The average Bonchev–Trinajstić information content (AvgIpc) is 2.81. The molecule has 1 fully saturated rings. The number of benzene rings is 3. The molecule has 32 heavy (non-hydrogen) atoms. The van der Waals surface area contributed by atoms with Gasteiger partial charge >= 0.3 is 0 Å². The Morgan fingerprint density at radius 3 is 2.00 bits per heavy atom. The lowest BCUT2D eigenvalue weighted by Gasteiger charge is -2.29. The smallest absolute Gasteiger partial charge is 0.187 e. The van der Waals surface area contributed by atoms with E-state index in [0.717, 1.165) is 36.1 Å². The van der Waals surface area contributed by atoms with Crippen molar-refractivity contribution in [3.8, 4) is 28.0 Å². The number of hydrogen-bond donors (Lipinski definition) is 1. The molecule has 0 spiro atoms. The Labute approximate surface area is 185 Å². The second kappa shape index (κ2) is 9.76. The van der Waals surface area contributed by atoms with Crippen molar-refractivity contribution in [3.63, 3.8) is 0 Å². The monoisotopic (exact) mass is 442 g/mol. The van der Waals surface area contributed by atoms with E-state index in [1.807, 2.05) is 24.3 Å². The molecule has 1 N–H and O–H groups in total. The average molecular weight is 442 g/mol. The minimum Gasteiger partial charge on any atom is -0.503 e. The lowest BCUT2D eigenvalue weighted by Crippen LogP contribution is -2.27. The largest absolute Gasteiger partial charge is 0.503 e. The summed E-state index contributed by atoms with van der Waals surface area (Å²) < 4.78 is 53.7. The van der Waals surface area contributed by atoms with Crippen LogP contribution in [0.2, 0.25) is 0 Å². The molecule has 3 aromatic rings. The van der Waals surface area contributed by atoms with Crippen LogP contribution in [0, 0.1) is 23.4 Å². The van der Waals surface area contributed by atoms with Gasteiger partial charge in [0.1, 0.15) is 5.82 Å². The molecular weight excluding hydrogens is 417 g/mol. The first-order valence-electron chi connectivity index (χ1n) is 10.8. The Bertz CT molecular complexity index is 1050. The first-order valence-corrected chi connectivity index (χ1v) is 10.8. The molecule has 168 valence electrons. The lowest BCUT2D eigenvalue weighted by molar-refractivity contribution is -0.206. The minimum atomic E-state index is -1.14. The Morgan fingerprint density at radius 1 is 0.812 bits per heavy atom. The van der Waals surface area contributed by atoms with E-state index in [1.54, 1.807) is 6.07 Å². The molecule has 0 unspecified atom stereocenters. The Kier molecular flexibility index (Phi) is 6.82. The summed E-state index contributed by atoms with van der Waals surface area (Å²) >= 11 is 0. The molecule has 0 bridgehead atoms. The van der Waals surface area contributed by atoms with Gasteiger partial charge in [-0.2, -0.15) is 0 Å². The molecule has 6 heteroatoms. The summed E-state index contributed by atoms with van der Waals surface area (Å²) in [5.41, 5.74) is 2.38. The summed E-state index contributed by atoms with van der Waals surface area (Å²) in [5.74, 6) is -3.53.